The summed E-state index contributed by atoms with van der Waals surface area (Å²) in [6.07, 6.45) is 2.31. The number of nitrogens with one attached hydrogen (secondary N) is 2. The molecule has 4 aromatic rings. The molecule has 1 amide bonds. The fourth-order valence-electron chi connectivity index (χ4n) is 3.58. The highest BCUT2D eigenvalue weighted by Gasteiger charge is 2.43. The number of benzene rings is 1. The van der Waals surface area contributed by atoms with Crippen molar-refractivity contribution in [1.82, 2.24) is 24.8 Å². The lowest BCUT2D eigenvalue weighted by Gasteiger charge is -2.13. The number of carbonyl (C=O) groups excluding carboxylic acids is 1. The Bertz CT molecular complexity index is 1300. The van der Waals surface area contributed by atoms with E-state index >= 15 is 4.39 Å². The molecule has 0 saturated heterocycles. The van der Waals surface area contributed by atoms with Crippen LogP contribution in [0.2, 0.25) is 0 Å². The number of aromatic amines is 1. The fraction of sp³-hybridized carbons (Fsp3) is 0.300. The number of rotatable bonds is 5. The van der Waals surface area contributed by atoms with Crippen molar-refractivity contribution in [2.75, 3.05) is 11.9 Å². The van der Waals surface area contributed by atoms with Gasteiger partial charge in [0.05, 0.1) is 30.6 Å². The van der Waals surface area contributed by atoms with Crippen LogP contribution in [0, 0.1) is 18.7 Å². The Labute approximate surface area is 169 Å². The molecule has 1 aromatic carbocycles. The fourth-order valence-corrected chi connectivity index (χ4v) is 3.58. The van der Waals surface area contributed by atoms with Crippen LogP contribution in [0.25, 0.3) is 27.8 Å². The van der Waals surface area contributed by atoms with E-state index < -0.39 is 23.8 Å². The van der Waals surface area contributed by atoms with E-state index in [4.69, 9.17) is 4.74 Å². The summed E-state index contributed by atoms with van der Waals surface area (Å²) in [6, 6.07) is 3.44. The Morgan fingerprint density at radius 1 is 1.43 bits per heavy atom. The second-order valence-corrected chi connectivity index (χ2v) is 7.23. The SMILES string of the molecule is CCOc1c(F)c(C)c(-c2ccc3nc(NC(=O)[C@@H]4C[C@@H]4F)cn3n2)c2cn[nH]c12. The molecule has 5 rings (SSSR count). The molecule has 1 saturated carbocycles. The summed E-state index contributed by atoms with van der Waals surface area (Å²) < 4.78 is 35.1. The quantitative estimate of drug-likeness (QED) is 0.524. The molecule has 1 fully saturated rings. The number of nitrogens with zero attached hydrogens (tertiary/aromatic N) is 4. The molecular weight excluding hydrogens is 394 g/mol. The van der Waals surface area contributed by atoms with Crippen molar-refractivity contribution in [3.8, 4) is 17.0 Å². The van der Waals surface area contributed by atoms with E-state index in [-0.39, 0.29) is 18.0 Å². The predicted octanol–water partition coefficient (Wildman–Crippen LogP) is 3.42. The van der Waals surface area contributed by atoms with Gasteiger partial charge in [0.1, 0.15) is 11.7 Å². The van der Waals surface area contributed by atoms with Gasteiger partial charge >= 0.3 is 0 Å². The third kappa shape index (κ3) is 2.87. The van der Waals surface area contributed by atoms with Gasteiger partial charge in [0.25, 0.3) is 0 Å². The van der Waals surface area contributed by atoms with Crippen LogP contribution in [0.3, 0.4) is 0 Å². The lowest BCUT2D eigenvalue weighted by Crippen LogP contribution is -2.15. The zero-order chi connectivity index (χ0) is 21.0. The molecule has 2 atom stereocenters. The van der Waals surface area contributed by atoms with Crippen LogP contribution in [-0.2, 0) is 4.79 Å². The topological polar surface area (TPSA) is 97.2 Å². The summed E-state index contributed by atoms with van der Waals surface area (Å²) in [6.45, 7) is 3.77. The van der Waals surface area contributed by atoms with Crippen LogP contribution < -0.4 is 10.1 Å². The number of halogens is 2. The van der Waals surface area contributed by atoms with Crippen LogP contribution in [-0.4, -0.2) is 43.5 Å². The van der Waals surface area contributed by atoms with E-state index in [1.807, 2.05) is 0 Å². The van der Waals surface area contributed by atoms with E-state index in [0.29, 0.717) is 40.0 Å². The highest BCUT2D eigenvalue weighted by molar-refractivity contribution is 5.99. The zero-order valence-electron chi connectivity index (χ0n) is 16.2. The number of hydrogen-bond donors (Lipinski definition) is 2. The maximum Gasteiger partial charge on any atom is 0.231 e. The summed E-state index contributed by atoms with van der Waals surface area (Å²) in [5.41, 5.74) is 2.43. The minimum absolute atomic E-state index is 0.131. The average molecular weight is 412 g/mol. The molecular formula is C20H18F2N6O2. The Morgan fingerprint density at radius 2 is 2.23 bits per heavy atom. The molecule has 30 heavy (non-hydrogen) atoms. The first-order valence-corrected chi connectivity index (χ1v) is 9.57. The van der Waals surface area contributed by atoms with Gasteiger partial charge in [-0.2, -0.15) is 10.2 Å². The molecule has 0 spiro atoms. The normalized spacial score (nSPS) is 18.1. The summed E-state index contributed by atoms with van der Waals surface area (Å²) in [5, 5.41) is 14.7. The second kappa shape index (κ2) is 6.75. The number of alkyl halides is 1. The monoisotopic (exact) mass is 412 g/mol. The van der Waals surface area contributed by atoms with Gasteiger partial charge in [-0.25, -0.2) is 18.3 Å². The van der Waals surface area contributed by atoms with Gasteiger partial charge in [-0.15, -0.1) is 0 Å². The molecule has 1 aliphatic rings. The van der Waals surface area contributed by atoms with Crippen molar-refractivity contribution in [3.63, 3.8) is 0 Å². The van der Waals surface area contributed by atoms with Crippen LogP contribution in [0.4, 0.5) is 14.6 Å². The van der Waals surface area contributed by atoms with Crippen molar-refractivity contribution < 1.29 is 18.3 Å². The van der Waals surface area contributed by atoms with Gasteiger partial charge in [0, 0.05) is 10.9 Å². The maximum atomic E-state index is 15.0. The first kappa shape index (κ1) is 18.5. The van der Waals surface area contributed by atoms with Gasteiger partial charge in [-0.3, -0.25) is 9.89 Å². The molecule has 154 valence electrons. The molecule has 10 heteroatoms. The number of imidazole rings is 1. The van der Waals surface area contributed by atoms with Crippen molar-refractivity contribution >= 4 is 28.3 Å². The van der Waals surface area contributed by atoms with Gasteiger partial charge in [0.15, 0.2) is 23.0 Å². The van der Waals surface area contributed by atoms with Crippen molar-refractivity contribution in [2.45, 2.75) is 26.4 Å². The van der Waals surface area contributed by atoms with E-state index in [9.17, 15) is 9.18 Å². The van der Waals surface area contributed by atoms with Crippen LogP contribution in [0.15, 0.2) is 24.5 Å². The van der Waals surface area contributed by atoms with Gasteiger partial charge in [0.2, 0.25) is 5.91 Å². The summed E-state index contributed by atoms with van der Waals surface area (Å²) in [4.78, 5) is 16.2. The Kier molecular flexibility index (Phi) is 4.16. The molecule has 3 heterocycles. The summed E-state index contributed by atoms with van der Waals surface area (Å²) in [5.74, 6) is -1.06. The highest BCUT2D eigenvalue weighted by Crippen LogP contribution is 2.38. The lowest BCUT2D eigenvalue weighted by molar-refractivity contribution is -0.117. The minimum Gasteiger partial charge on any atom is -0.489 e. The molecule has 8 nitrogen and oxygen atoms in total. The van der Waals surface area contributed by atoms with E-state index in [0.717, 1.165) is 0 Å². The van der Waals surface area contributed by atoms with E-state index in [1.54, 1.807) is 38.4 Å². The molecule has 0 unspecified atom stereocenters. The molecule has 2 N–H and O–H groups in total. The smallest absolute Gasteiger partial charge is 0.231 e. The summed E-state index contributed by atoms with van der Waals surface area (Å²) >= 11 is 0. The standard InChI is InChI=1S/C20H18F2N6O2/c1-3-30-19-17(22)9(2)16(11-7-23-26-18(11)19)13-4-5-15-24-14(8-28(15)27-13)25-20(29)10-6-12(10)21/h4-5,7-8,10,12H,3,6H2,1-2H3,(H,23,26)(H,25,29)/t10-,12+/m1/s1. The third-order valence-corrected chi connectivity index (χ3v) is 5.20. The third-order valence-electron chi connectivity index (χ3n) is 5.20. The van der Waals surface area contributed by atoms with Crippen molar-refractivity contribution in [1.29, 1.82) is 0 Å². The van der Waals surface area contributed by atoms with Gasteiger partial charge in [-0.05, 0) is 38.0 Å². The number of fused-ring (bicyclic) bond motifs is 2. The number of amides is 1. The summed E-state index contributed by atoms with van der Waals surface area (Å²) in [7, 11) is 0. The first-order valence-electron chi connectivity index (χ1n) is 9.57. The van der Waals surface area contributed by atoms with Crippen LogP contribution in [0.5, 0.6) is 5.75 Å². The zero-order valence-corrected chi connectivity index (χ0v) is 16.2. The number of aromatic nitrogens is 5. The Morgan fingerprint density at radius 3 is 2.97 bits per heavy atom. The number of H-pyrrole nitrogens is 1. The lowest BCUT2D eigenvalue weighted by atomic mass is 9.99. The molecule has 0 aliphatic heterocycles. The average Bonchev–Trinajstić information content (AvgIpc) is 3.11. The molecule has 0 bridgehead atoms. The van der Waals surface area contributed by atoms with E-state index in [2.05, 4.69) is 25.6 Å². The first-order chi connectivity index (χ1) is 14.5. The highest BCUT2D eigenvalue weighted by atomic mass is 19.1. The minimum atomic E-state index is -1.08. The van der Waals surface area contributed by atoms with Gasteiger partial charge in [-0.1, -0.05) is 0 Å². The predicted molar refractivity (Wildman–Crippen MR) is 106 cm³/mol. The van der Waals surface area contributed by atoms with Crippen LogP contribution >= 0.6 is 0 Å². The van der Waals surface area contributed by atoms with Gasteiger partial charge < -0.3 is 10.1 Å². The molecule has 1 aliphatic carbocycles. The number of carbonyl (C=O) groups is 1. The number of hydrogen-bond acceptors (Lipinski definition) is 5. The maximum absolute atomic E-state index is 15.0. The van der Waals surface area contributed by atoms with E-state index in [1.165, 1.54) is 4.52 Å². The second-order valence-electron chi connectivity index (χ2n) is 7.23. The van der Waals surface area contributed by atoms with Crippen LogP contribution in [0.1, 0.15) is 18.9 Å². The Balaban J connectivity index is 1.57. The molecule has 3 aromatic heterocycles. The Hall–Kier alpha value is -3.56. The number of ether oxygens (including phenoxy) is 1. The molecule has 0 radical (unpaired) electrons. The largest absolute Gasteiger partial charge is 0.489 e. The number of anilines is 1. The van der Waals surface area contributed by atoms with Crippen molar-refractivity contribution in [3.05, 3.63) is 35.9 Å². The van der Waals surface area contributed by atoms with Crippen molar-refractivity contribution in [2.24, 2.45) is 5.92 Å².